The lowest BCUT2D eigenvalue weighted by molar-refractivity contribution is -0.157. The van der Waals surface area contributed by atoms with Gasteiger partial charge in [-0.1, -0.05) is 33.6 Å². The number of hydrogen-bond acceptors (Lipinski definition) is 3. The number of carbonyl (C=O) groups is 2. The largest absolute Gasteiger partial charge is 0.469 e. The second kappa shape index (κ2) is 7.43. The van der Waals surface area contributed by atoms with Crippen LogP contribution in [0.2, 0.25) is 0 Å². The van der Waals surface area contributed by atoms with Crippen LogP contribution in [0.1, 0.15) is 91.4 Å². The fourth-order valence-corrected chi connectivity index (χ4v) is 8.59. The molecule has 8 atom stereocenters. The molecule has 3 nitrogen and oxygen atoms in total. The van der Waals surface area contributed by atoms with Crippen molar-refractivity contribution in [2.45, 2.75) is 91.4 Å². The Morgan fingerprint density at radius 3 is 2.64 bits per heavy atom. The van der Waals surface area contributed by atoms with E-state index in [1.54, 1.807) is 0 Å². The van der Waals surface area contributed by atoms with Crippen molar-refractivity contribution in [3.8, 4) is 0 Å². The zero-order valence-electron chi connectivity index (χ0n) is 18.5. The molecule has 4 rings (SSSR count). The van der Waals surface area contributed by atoms with Crippen molar-refractivity contribution in [2.24, 2.45) is 46.3 Å². The van der Waals surface area contributed by atoms with E-state index in [0.29, 0.717) is 41.3 Å². The summed E-state index contributed by atoms with van der Waals surface area (Å²) in [4.78, 5) is 25.3. The maximum absolute atomic E-state index is 13.7. The second-order valence-electron chi connectivity index (χ2n) is 11.1. The van der Waals surface area contributed by atoms with E-state index in [9.17, 15) is 9.59 Å². The van der Waals surface area contributed by atoms with Gasteiger partial charge in [-0.25, -0.2) is 0 Å². The smallest absolute Gasteiger partial charge is 0.305 e. The number of ether oxygens (including phenoxy) is 1. The summed E-state index contributed by atoms with van der Waals surface area (Å²) in [6.07, 6.45) is 12.8. The minimum atomic E-state index is -0.158. The van der Waals surface area contributed by atoms with E-state index in [0.717, 1.165) is 24.7 Å². The number of carbonyl (C=O) groups excluding carboxylic acids is 2. The van der Waals surface area contributed by atoms with Gasteiger partial charge in [-0.3, -0.25) is 9.59 Å². The molecule has 4 fully saturated rings. The van der Waals surface area contributed by atoms with Crippen LogP contribution in [0.4, 0.5) is 0 Å². The Bertz CT molecular complexity index is 627. The minimum Gasteiger partial charge on any atom is -0.469 e. The van der Waals surface area contributed by atoms with Crippen LogP contribution in [-0.4, -0.2) is 18.9 Å². The van der Waals surface area contributed by atoms with E-state index in [-0.39, 0.29) is 11.4 Å². The first kappa shape index (κ1) is 20.4. The molecule has 0 aliphatic heterocycles. The molecule has 0 unspecified atom stereocenters. The fraction of sp³-hybridized carbons (Fsp3) is 0.920. The Morgan fingerprint density at radius 2 is 1.89 bits per heavy atom. The van der Waals surface area contributed by atoms with Crippen LogP contribution in [0.5, 0.6) is 0 Å². The third-order valence-electron chi connectivity index (χ3n) is 10.2. The van der Waals surface area contributed by atoms with Gasteiger partial charge in [0.25, 0.3) is 0 Å². The third kappa shape index (κ3) is 2.98. The van der Waals surface area contributed by atoms with Gasteiger partial charge in [0, 0.05) is 18.3 Å². The molecule has 0 aromatic carbocycles. The Morgan fingerprint density at radius 1 is 1.11 bits per heavy atom. The summed E-state index contributed by atoms with van der Waals surface area (Å²) in [6, 6.07) is 0. The molecule has 0 bridgehead atoms. The molecule has 28 heavy (non-hydrogen) atoms. The second-order valence-corrected chi connectivity index (χ2v) is 11.1. The van der Waals surface area contributed by atoms with Crippen LogP contribution < -0.4 is 0 Å². The van der Waals surface area contributed by atoms with Gasteiger partial charge in [-0.05, 0) is 85.9 Å². The summed E-state index contributed by atoms with van der Waals surface area (Å²) in [7, 11) is 1.47. The summed E-state index contributed by atoms with van der Waals surface area (Å²) >= 11 is 0. The summed E-state index contributed by atoms with van der Waals surface area (Å²) in [5.74, 6) is 4.09. The number of fused-ring (bicyclic) bond motifs is 5. The third-order valence-corrected chi connectivity index (χ3v) is 10.2. The predicted molar refractivity (Wildman–Crippen MR) is 111 cm³/mol. The van der Waals surface area contributed by atoms with Crippen LogP contribution in [0.25, 0.3) is 0 Å². The van der Waals surface area contributed by atoms with Crippen molar-refractivity contribution in [2.75, 3.05) is 7.11 Å². The number of Topliss-reactive ketones (excluding diaryl/α,β-unsaturated/α-hetero) is 1. The van der Waals surface area contributed by atoms with Gasteiger partial charge in [0.05, 0.1) is 7.11 Å². The van der Waals surface area contributed by atoms with Gasteiger partial charge in [0.1, 0.15) is 5.78 Å². The highest BCUT2D eigenvalue weighted by molar-refractivity contribution is 5.87. The minimum absolute atomic E-state index is 0.120. The van der Waals surface area contributed by atoms with E-state index < -0.39 is 0 Å². The monoisotopic (exact) mass is 388 g/mol. The molecule has 0 N–H and O–H groups in total. The first-order chi connectivity index (χ1) is 13.3. The van der Waals surface area contributed by atoms with Crippen LogP contribution in [0.3, 0.4) is 0 Å². The first-order valence-corrected chi connectivity index (χ1v) is 11.9. The van der Waals surface area contributed by atoms with Gasteiger partial charge in [0.2, 0.25) is 0 Å². The van der Waals surface area contributed by atoms with Crippen molar-refractivity contribution in [1.29, 1.82) is 0 Å². The zero-order chi connectivity index (χ0) is 20.1. The van der Waals surface area contributed by atoms with Gasteiger partial charge < -0.3 is 4.74 Å². The molecule has 0 saturated heterocycles. The van der Waals surface area contributed by atoms with Crippen molar-refractivity contribution in [3.05, 3.63) is 0 Å². The van der Waals surface area contributed by atoms with Crippen molar-refractivity contribution < 1.29 is 14.3 Å². The van der Waals surface area contributed by atoms with E-state index in [4.69, 9.17) is 4.74 Å². The number of rotatable bonds is 4. The standard InChI is InChI=1S/C25H40O3/c1-16(8-13-23(27)28-4)19-11-12-20-18-10-9-17-7-5-6-14-24(17,2)21(18)15-22(26)25(19,20)3/h16-21H,5-15H2,1-4H3/t16-,17-,18-,19+,20-,21-,24+,25-/m1/s1. The quantitative estimate of drug-likeness (QED) is 0.571. The molecule has 0 amide bonds. The lowest BCUT2D eigenvalue weighted by Gasteiger charge is -2.60. The summed E-state index contributed by atoms with van der Waals surface area (Å²) in [6.45, 7) is 7.10. The molecular weight excluding hydrogens is 348 g/mol. The lowest BCUT2D eigenvalue weighted by Crippen LogP contribution is -2.56. The Balaban J connectivity index is 1.55. The van der Waals surface area contributed by atoms with E-state index in [2.05, 4.69) is 20.8 Å². The molecular formula is C25H40O3. The topological polar surface area (TPSA) is 43.4 Å². The molecule has 4 aliphatic rings. The molecule has 0 spiro atoms. The van der Waals surface area contributed by atoms with Gasteiger partial charge in [-0.15, -0.1) is 0 Å². The van der Waals surface area contributed by atoms with Crippen LogP contribution in [-0.2, 0) is 14.3 Å². The van der Waals surface area contributed by atoms with E-state index in [1.807, 2.05) is 0 Å². The van der Waals surface area contributed by atoms with Crippen LogP contribution in [0, 0.1) is 46.3 Å². The molecule has 4 saturated carbocycles. The summed E-state index contributed by atoms with van der Waals surface area (Å²) in [5, 5.41) is 0. The Kier molecular flexibility index (Phi) is 5.42. The van der Waals surface area contributed by atoms with Crippen molar-refractivity contribution in [1.82, 2.24) is 0 Å². The van der Waals surface area contributed by atoms with Crippen molar-refractivity contribution in [3.63, 3.8) is 0 Å². The predicted octanol–water partition coefficient (Wildman–Crippen LogP) is 5.80. The molecule has 0 heterocycles. The number of ketones is 1. The first-order valence-electron chi connectivity index (χ1n) is 11.9. The average molecular weight is 389 g/mol. The van der Waals surface area contributed by atoms with Crippen molar-refractivity contribution >= 4 is 11.8 Å². The van der Waals surface area contributed by atoms with Gasteiger partial charge in [0.15, 0.2) is 0 Å². The van der Waals surface area contributed by atoms with Gasteiger partial charge in [-0.2, -0.15) is 0 Å². The number of esters is 1. The molecule has 0 aromatic heterocycles. The zero-order valence-corrected chi connectivity index (χ0v) is 18.5. The maximum Gasteiger partial charge on any atom is 0.305 e. The summed E-state index contributed by atoms with van der Waals surface area (Å²) in [5.41, 5.74) is 0.251. The fourth-order valence-electron chi connectivity index (χ4n) is 8.59. The highest BCUT2D eigenvalue weighted by Crippen LogP contribution is 2.67. The van der Waals surface area contributed by atoms with Crippen LogP contribution in [0.15, 0.2) is 0 Å². The Hall–Kier alpha value is -0.860. The van der Waals surface area contributed by atoms with Crippen LogP contribution >= 0.6 is 0 Å². The number of hydrogen-bond donors (Lipinski definition) is 0. The molecule has 0 radical (unpaired) electrons. The highest BCUT2D eigenvalue weighted by Gasteiger charge is 2.63. The lowest BCUT2D eigenvalue weighted by atomic mass is 9.44. The SMILES string of the molecule is COC(=O)CC[C@@H](C)[C@@H]1CC[C@@H]2[C@H]3CC[C@H]4CCCC[C@]4(C)[C@@H]3CC(=O)[C@@]21C. The molecule has 0 aromatic rings. The number of methoxy groups -OCH3 is 1. The normalized spacial score (nSPS) is 46.3. The van der Waals surface area contributed by atoms with E-state index in [1.165, 1.54) is 58.5 Å². The maximum atomic E-state index is 13.7. The summed E-state index contributed by atoms with van der Waals surface area (Å²) < 4.78 is 4.84. The molecule has 4 aliphatic carbocycles. The van der Waals surface area contributed by atoms with Gasteiger partial charge >= 0.3 is 5.97 Å². The molecule has 3 heteroatoms. The molecule has 158 valence electrons. The average Bonchev–Trinajstić information content (AvgIpc) is 3.05. The Labute approximate surface area is 171 Å². The highest BCUT2D eigenvalue weighted by atomic mass is 16.5. The van der Waals surface area contributed by atoms with E-state index >= 15 is 0 Å².